The van der Waals surface area contributed by atoms with Crippen molar-refractivity contribution in [2.24, 2.45) is 5.92 Å². The molecule has 1 aliphatic heterocycles. The first-order valence-corrected chi connectivity index (χ1v) is 9.43. The maximum absolute atomic E-state index is 12.3. The maximum atomic E-state index is 12.3. The normalized spacial score (nSPS) is 21.7. The highest BCUT2D eigenvalue weighted by atomic mass is 16.2. The Kier molecular flexibility index (Phi) is 7.18. The molecule has 2 fully saturated rings. The van der Waals surface area contributed by atoms with E-state index in [2.05, 4.69) is 17.6 Å². The molecule has 1 saturated heterocycles. The average Bonchev–Trinajstić information content (AvgIpc) is 2.56. The zero-order valence-electron chi connectivity index (χ0n) is 14.8. The predicted molar refractivity (Wildman–Crippen MR) is 92.2 cm³/mol. The van der Waals surface area contributed by atoms with Gasteiger partial charge in [-0.2, -0.15) is 0 Å². The second-order valence-corrected chi connectivity index (χ2v) is 7.30. The summed E-state index contributed by atoms with van der Waals surface area (Å²) >= 11 is 0. The lowest BCUT2D eigenvalue weighted by atomic mass is 9.93. The highest BCUT2D eigenvalue weighted by Gasteiger charge is 2.26. The molecular formula is C18H33N3O2. The monoisotopic (exact) mass is 323 g/mol. The first-order chi connectivity index (χ1) is 11.1. The third-order valence-corrected chi connectivity index (χ3v) is 5.33. The fraction of sp³-hybridized carbons (Fsp3) is 0.889. The van der Waals surface area contributed by atoms with E-state index in [4.69, 9.17) is 0 Å². The van der Waals surface area contributed by atoms with Gasteiger partial charge in [0.05, 0.1) is 0 Å². The van der Waals surface area contributed by atoms with Gasteiger partial charge in [-0.3, -0.25) is 4.79 Å². The van der Waals surface area contributed by atoms with Gasteiger partial charge in [0.2, 0.25) is 5.91 Å². The lowest BCUT2D eigenvalue weighted by molar-refractivity contribution is -0.122. The Hall–Kier alpha value is -1.26. The number of nitrogens with zero attached hydrogens (tertiary/aromatic N) is 1. The number of amides is 3. The zero-order valence-corrected chi connectivity index (χ0v) is 14.8. The van der Waals surface area contributed by atoms with Crippen LogP contribution in [0.3, 0.4) is 0 Å². The fourth-order valence-corrected chi connectivity index (χ4v) is 3.55. The van der Waals surface area contributed by atoms with Crippen molar-refractivity contribution in [1.82, 2.24) is 15.5 Å². The van der Waals surface area contributed by atoms with Crippen LogP contribution in [0.5, 0.6) is 0 Å². The van der Waals surface area contributed by atoms with Crippen molar-refractivity contribution in [2.45, 2.75) is 83.7 Å². The molecule has 1 heterocycles. The van der Waals surface area contributed by atoms with Crippen molar-refractivity contribution in [2.75, 3.05) is 13.1 Å². The highest BCUT2D eigenvalue weighted by molar-refractivity contribution is 5.77. The van der Waals surface area contributed by atoms with Gasteiger partial charge in [-0.25, -0.2) is 4.79 Å². The quantitative estimate of drug-likeness (QED) is 0.817. The minimum absolute atomic E-state index is 0.0967. The molecule has 5 nitrogen and oxygen atoms in total. The number of likely N-dealkylation sites (tertiary alicyclic amines) is 1. The molecular weight excluding hydrogens is 290 g/mol. The van der Waals surface area contributed by atoms with Crippen LogP contribution in [0, 0.1) is 5.92 Å². The number of piperidine rings is 1. The lowest BCUT2D eigenvalue weighted by Crippen LogP contribution is -2.48. The second kappa shape index (κ2) is 9.14. The Morgan fingerprint density at radius 1 is 1.09 bits per heavy atom. The first kappa shape index (κ1) is 18.1. The molecule has 0 radical (unpaired) electrons. The number of hydrogen-bond acceptors (Lipinski definition) is 2. The van der Waals surface area contributed by atoms with Crippen LogP contribution in [0.1, 0.15) is 71.6 Å². The van der Waals surface area contributed by atoms with Crippen LogP contribution in [0.15, 0.2) is 0 Å². The van der Waals surface area contributed by atoms with E-state index >= 15 is 0 Å². The minimum Gasteiger partial charge on any atom is -0.354 e. The lowest BCUT2D eigenvalue weighted by Gasteiger charge is -2.34. The van der Waals surface area contributed by atoms with E-state index in [0.717, 1.165) is 45.2 Å². The third-order valence-electron chi connectivity index (χ3n) is 5.33. The van der Waals surface area contributed by atoms with Gasteiger partial charge in [0.1, 0.15) is 0 Å². The molecule has 0 bridgehead atoms. The number of carbonyl (C=O) groups excluding carboxylic acids is 2. The largest absolute Gasteiger partial charge is 0.354 e. The fourth-order valence-electron chi connectivity index (χ4n) is 3.55. The molecule has 1 saturated carbocycles. The van der Waals surface area contributed by atoms with Gasteiger partial charge in [0.15, 0.2) is 0 Å². The molecule has 0 aromatic heterocycles. The van der Waals surface area contributed by atoms with Gasteiger partial charge < -0.3 is 15.5 Å². The highest BCUT2D eigenvalue weighted by Crippen LogP contribution is 2.22. The van der Waals surface area contributed by atoms with Crippen LogP contribution in [0.25, 0.3) is 0 Å². The molecule has 1 aliphatic carbocycles. The van der Waals surface area contributed by atoms with Gasteiger partial charge in [-0.1, -0.05) is 26.2 Å². The molecule has 3 amide bonds. The number of urea groups is 1. The SMILES string of the molecule is CCC(C)NC(=O)CC1CCN(C(=O)NC2CCCCC2)CC1. The van der Waals surface area contributed by atoms with Crippen molar-refractivity contribution in [1.29, 1.82) is 0 Å². The number of carbonyl (C=O) groups is 2. The number of hydrogen-bond donors (Lipinski definition) is 2. The van der Waals surface area contributed by atoms with Crippen LogP contribution in [-0.4, -0.2) is 42.0 Å². The molecule has 1 unspecified atom stereocenters. The molecule has 2 N–H and O–H groups in total. The minimum atomic E-state index is 0.0967. The van der Waals surface area contributed by atoms with Gasteiger partial charge in [0.25, 0.3) is 0 Å². The summed E-state index contributed by atoms with van der Waals surface area (Å²) in [5, 5.41) is 6.22. The molecule has 1 atom stereocenters. The van der Waals surface area contributed by atoms with Crippen LogP contribution in [0.2, 0.25) is 0 Å². The Morgan fingerprint density at radius 3 is 2.35 bits per heavy atom. The van der Waals surface area contributed by atoms with Crippen LogP contribution < -0.4 is 10.6 Å². The molecule has 0 aromatic rings. The summed E-state index contributed by atoms with van der Waals surface area (Å²) in [5.74, 6) is 0.572. The zero-order chi connectivity index (χ0) is 16.7. The summed E-state index contributed by atoms with van der Waals surface area (Å²) in [7, 11) is 0. The molecule has 23 heavy (non-hydrogen) atoms. The predicted octanol–water partition coefficient (Wildman–Crippen LogP) is 3.05. The Bertz CT molecular complexity index is 386. The summed E-state index contributed by atoms with van der Waals surface area (Å²) < 4.78 is 0. The van der Waals surface area contributed by atoms with Crippen molar-refractivity contribution >= 4 is 11.9 Å². The van der Waals surface area contributed by atoms with Gasteiger partial charge in [-0.05, 0) is 44.9 Å². The first-order valence-electron chi connectivity index (χ1n) is 9.43. The maximum Gasteiger partial charge on any atom is 0.317 e. The second-order valence-electron chi connectivity index (χ2n) is 7.30. The summed E-state index contributed by atoms with van der Waals surface area (Å²) in [5.41, 5.74) is 0. The van der Waals surface area contributed by atoms with Crippen molar-refractivity contribution in [3.8, 4) is 0 Å². The van der Waals surface area contributed by atoms with Gasteiger partial charge in [-0.15, -0.1) is 0 Å². The number of nitrogens with one attached hydrogen (secondary N) is 2. The molecule has 0 aromatic carbocycles. The van der Waals surface area contributed by atoms with E-state index in [1.54, 1.807) is 0 Å². The van der Waals surface area contributed by atoms with E-state index in [-0.39, 0.29) is 18.0 Å². The van der Waals surface area contributed by atoms with Crippen LogP contribution in [-0.2, 0) is 4.79 Å². The molecule has 132 valence electrons. The van der Waals surface area contributed by atoms with Gasteiger partial charge >= 0.3 is 6.03 Å². The third kappa shape index (κ3) is 6.04. The van der Waals surface area contributed by atoms with Crippen LogP contribution >= 0.6 is 0 Å². The summed E-state index contributed by atoms with van der Waals surface area (Å²) in [6, 6.07) is 0.721. The Morgan fingerprint density at radius 2 is 1.74 bits per heavy atom. The molecule has 2 aliphatic rings. The van der Waals surface area contributed by atoms with E-state index in [1.165, 1.54) is 19.3 Å². The Labute approximate surface area is 140 Å². The summed E-state index contributed by atoms with van der Waals surface area (Å²) in [6.45, 7) is 5.67. The van der Waals surface area contributed by atoms with Gasteiger partial charge in [0, 0.05) is 31.6 Å². The molecule has 5 heteroatoms. The van der Waals surface area contributed by atoms with E-state index in [1.807, 2.05) is 11.8 Å². The topological polar surface area (TPSA) is 61.4 Å². The molecule has 2 rings (SSSR count). The standard InChI is InChI=1S/C18H33N3O2/c1-3-14(2)19-17(22)13-15-9-11-21(12-10-15)18(23)20-16-7-5-4-6-8-16/h14-16H,3-13H2,1-2H3,(H,19,22)(H,20,23). The molecule has 0 spiro atoms. The summed E-state index contributed by atoms with van der Waals surface area (Å²) in [6.07, 6.45) is 9.45. The van der Waals surface area contributed by atoms with Crippen LogP contribution in [0.4, 0.5) is 4.79 Å². The van der Waals surface area contributed by atoms with Crippen molar-refractivity contribution in [3.63, 3.8) is 0 Å². The smallest absolute Gasteiger partial charge is 0.317 e. The van der Waals surface area contributed by atoms with Crippen molar-refractivity contribution in [3.05, 3.63) is 0 Å². The van der Waals surface area contributed by atoms with E-state index < -0.39 is 0 Å². The Balaban J connectivity index is 1.66. The van der Waals surface area contributed by atoms with E-state index in [9.17, 15) is 9.59 Å². The number of rotatable bonds is 5. The summed E-state index contributed by atoms with van der Waals surface area (Å²) in [4.78, 5) is 26.2. The average molecular weight is 323 g/mol. The van der Waals surface area contributed by atoms with Crippen molar-refractivity contribution < 1.29 is 9.59 Å². The van der Waals surface area contributed by atoms with E-state index in [0.29, 0.717) is 18.4 Å².